The molecule has 0 saturated heterocycles. The van der Waals surface area contributed by atoms with E-state index in [-0.39, 0.29) is 0 Å². The van der Waals surface area contributed by atoms with Gasteiger partial charge in [-0.25, -0.2) is 0 Å². The van der Waals surface area contributed by atoms with Gasteiger partial charge in [0.05, 0.1) is 0 Å². The van der Waals surface area contributed by atoms with E-state index in [0.717, 1.165) is 18.9 Å². The second-order valence-electron chi connectivity index (χ2n) is 4.67. The van der Waals surface area contributed by atoms with E-state index in [1.165, 1.54) is 26.2 Å². The third-order valence-corrected chi connectivity index (χ3v) is 3.15. The minimum Gasteiger partial charge on any atom is -0.480 e. The van der Waals surface area contributed by atoms with Crippen molar-refractivity contribution in [2.24, 2.45) is 11.7 Å². The topological polar surface area (TPSA) is 72.5 Å². The monoisotopic (exact) mass is 215 g/mol. The van der Waals surface area contributed by atoms with Gasteiger partial charge in [0.2, 0.25) is 0 Å². The summed E-state index contributed by atoms with van der Waals surface area (Å²) in [5, 5.41) is 8.75. The average Bonchev–Trinajstić information content (AvgIpc) is 2.07. The molecule has 4 nitrogen and oxygen atoms in total. The first kappa shape index (κ1) is 12.5. The Morgan fingerprint density at radius 1 is 1.53 bits per heavy atom. The third-order valence-electron chi connectivity index (χ3n) is 3.15. The molecule has 1 unspecified atom stereocenters. The van der Waals surface area contributed by atoms with Gasteiger partial charge in [0, 0.05) is 13.2 Å². The molecule has 4 heteroatoms. The van der Waals surface area contributed by atoms with E-state index in [1.807, 2.05) is 0 Å². The van der Waals surface area contributed by atoms with Crippen LogP contribution in [0.4, 0.5) is 0 Å². The molecule has 1 aliphatic rings. The van der Waals surface area contributed by atoms with Gasteiger partial charge >= 0.3 is 5.97 Å². The van der Waals surface area contributed by atoms with Gasteiger partial charge in [-0.15, -0.1) is 0 Å². The average molecular weight is 215 g/mol. The number of hydrogen-bond donors (Lipinski definition) is 2. The summed E-state index contributed by atoms with van der Waals surface area (Å²) in [6.07, 6.45) is 5.48. The van der Waals surface area contributed by atoms with Gasteiger partial charge < -0.3 is 15.6 Å². The highest BCUT2D eigenvalue weighted by Gasteiger charge is 2.27. The zero-order chi connectivity index (χ0) is 11.3. The second-order valence-corrected chi connectivity index (χ2v) is 4.67. The molecule has 88 valence electrons. The maximum atomic E-state index is 10.7. The predicted octanol–water partition coefficient (Wildman–Crippen LogP) is 1.39. The molecule has 1 saturated carbocycles. The summed E-state index contributed by atoms with van der Waals surface area (Å²) in [5.41, 5.74) is 4.40. The fourth-order valence-corrected chi connectivity index (χ4v) is 1.52. The second kappa shape index (κ2) is 5.47. The zero-order valence-electron chi connectivity index (χ0n) is 9.37. The molecule has 0 aromatic heterocycles. The van der Waals surface area contributed by atoms with Crippen LogP contribution in [0, 0.1) is 5.92 Å². The van der Waals surface area contributed by atoms with Crippen LogP contribution < -0.4 is 5.73 Å². The van der Waals surface area contributed by atoms with E-state index in [4.69, 9.17) is 15.6 Å². The molecule has 0 aromatic rings. The molecule has 1 atom stereocenters. The van der Waals surface area contributed by atoms with E-state index < -0.39 is 11.5 Å². The lowest BCUT2D eigenvalue weighted by Crippen LogP contribution is -2.45. The van der Waals surface area contributed by atoms with Crippen molar-refractivity contribution >= 4 is 5.97 Å². The van der Waals surface area contributed by atoms with Crippen molar-refractivity contribution in [2.45, 2.75) is 44.6 Å². The molecular formula is C11H21NO3. The molecule has 0 heterocycles. The third kappa shape index (κ3) is 4.18. The summed E-state index contributed by atoms with van der Waals surface area (Å²) in [6, 6.07) is 0. The number of ether oxygens (including phenoxy) is 1. The standard InChI is InChI=1S/C11H21NO3/c1-11(12,10(13)14)6-8-15-7-5-9-3-2-4-9/h9H,2-8,12H2,1H3,(H,13,14). The van der Waals surface area contributed by atoms with Gasteiger partial charge in [-0.2, -0.15) is 0 Å². The van der Waals surface area contributed by atoms with Gasteiger partial charge in [-0.1, -0.05) is 19.3 Å². The van der Waals surface area contributed by atoms with E-state index in [2.05, 4.69) is 0 Å². The number of carbonyl (C=O) groups is 1. The van der Waals surface area contributed by atoms with Crippen molar-refractivity contribution in [3.8, 4) is 0 Å². The molecule has 0 spiro atoms. The summed E-state index contributed by atoms with van der Waals surface area (Å²) >= 11 is 0. The Hall–Kier alpha value is -0.610. The summed E-state index contributed by atoms with van der Waals surface area (Å²) in [6.45, 7) is 2.69. The Labute approximate surface area is 90.8 Å². The van der Waals surface area contributed by atoms with Crippen molar-refractivity contribution in [2.75, 3.05) is 13.2 Å². The van der Waals surface area contributed by atoms with E-state index in [0.29, 0.717) is 13.0 Å². The van der Waals surface area contributed by atoms with Crippen molar-refractivity contribution in [3.63, 3.8) is 0 Å². The van der Waals surface area contributed by atoms with Crippen LogP contribution in [0.1, 0.15) is 39.0 Å². The minimum atomic E-state index is -1.16. The van der Waals surface area contributed by atoms with E-state index in [9.17, 15) is 4.79 Å². The number of nitrogens with two attached hydrogens (primary N) is 1. The van der Waals surface area contributed by atoms with Crippen LogP contribution in [0.25, 0.3) is 0 Å². The molecule has 3 N–H and O–H groups in total. The van der Waals surface area contributed by atoms with Crippen LogP contribution >= 0.6 is 0 Å². The SMILES string of the molecule is CC(N)(CCOCCC1CCC1)C(=O)O. The summed E-state index contributed by atoms with van der Waals surface area (Å²) in [5.74, 6) is -0.126. The van der Waals surface area contributed by atoms with Crippen LogP contribution in [-0.4, -0.2) is 29.8 Å². The molecule has 1 fully saturated rings. The fourth-order valence-electron chi connectivity index (χ4n) is 1.52. The lowest BCUT2D eigenvalue weighted by molar-refractivity contribution is -0.143. The van der Waals surface area contributed by atoms with Gasteiger partial charge in [-0.3, -0.25) is 4.79 Å². The number of carboxylic acids is 1. The Balaban J connectivity index is 1.98. The van der Waals surface area contributed by atoms with Gasteiger partial charge in [0.25, 0.3) is 0 Å². The van der Waals surface area contributed by atoms with Gasteiger partial charge in [0.15, 0.2) is 0 Å². The minimum absolute atomic E-state index is 0.368. The van der Waals surface area contributed by atoms with Gasteiger partial charge in [0.1, 0.15) is 5.54 Å². The highest BCUT2D eigenvalue weighted by atomic mass is 16.5. The molecule has 0 bridgehead atoms. The Bertz CT molecular complexity index is 212. The van der Waals surface area contributed by atoms with Gasteiger partial charge in [-0.05, 0) is 25.7 Å². The molecule has 1 rings (SSSR count). The number of aliphatic carboxylic acids is 1. The highest BCUT2D eigenvalue weighted by molar-refractivity contribution is 5.77. The molecule has 0 aliphatic heterocycles. The van der Waals surface area contributed by atoms with Crippen LogP contribution in [0.3, 0.4) is 0 Å². The molecule has 15 heavy (non-hydrogen) atoms. The Kier molecular flexibility index (Phi) is 4.54. The molecular weight excluding hydrogens is 194 g/mol. The maximum absolute atomic E-state index is 10.7. The van der Waals surface area contributed by atoms with E-state index >= 15 is 0 Å². The Morgan fingerprint density at radius 2 is 2.20 bits per heavy atom. The smallest absolute Gasteiger partial charge is 0.323 e. The quantitative estimate of drug-likeness (QED) is 0.629. The van der Waals surface area contributed by atoms with Crippen molar-refractivity contribution in [1.29, 1.82) is 0 Å². The number of carboxylic acid groups (broad SMARTS) is 1. The van der Waals surface area contributed by atoms with Crippen molar-refractivity contribution in [1.82, 2.24) is 0 Å². The summed E-state index contributed by atoms with van der Waals surface area (Å²) in [4.78, 5) is 10.7. The predicted molar refractivity (Wildman–Crippen MR) is 57.6 cm³/mol. The molecule has 1 aliphatic carbocycles. The summed E-state index contributed by atoms with van der Waals surface area (Å²) < 4.78 is 5.38. The lowest BCUT2D eigenvalue weighted by Gasteiger charge is -2.25. The Morgan fingerprint density at radius 3 is 2.67 bits per heavy atom. The maximum Gasteiger partial charge on any atom is 0.323 e. The van der Waals surface area contributed by atoms with E-state index in [1.54, 1.807) is 0 Å². The molecule has 0 amide bonds. The number of rotatable bonds is 7. The first-order chi connectivity index (χ1) is 7.02. The number of hydrogen-bond acceptors (Lipinski definition) is 3. The molecule has 0 aromatic carbocycles. The van der Waals surface area contributed by atoms with Crippen LogP contribution in [0.2, 0.25) is 0 Å². The van der Waals surface area contributed by atoms with Crippen LogP contribution in [-0.2, 0) is 9.53 Å². The highest BCUT2D eigenvalue weighted by Crippen LogP contribution is 2.29. The molecule has 0 radical (unpaired) electrons. The zero-order valence-corrected chi connectivity index (χ0v) is 9.37. The van der Waals surface area contributed by atoms with Crippen molar-refractivity contribution < 1.29 is 14.6 Å². The van der Waals surface area contributed by atoms with Crippen LogP contribution in [0.15, 0.2) is 0 Å². The lowest BCUT2D eigenvalue weighted by atomic mass is 9.83. The normalized spacial score (nSPS) is 20.7. The first-order valence-corrected chi connectivity index (χ1v) is 5.62. The fraction of sp³-hybridized carbons (Fsp3) is 0.909. The first-order valence-electron chi connectivity index (χ1n) is 5.62. The summed E-state index contributed by atoms with van der Waals surface area (Å²) in [7, 11) is 0. The largest absolute Gasteiger partial charge is 0.480 e. The van der Waals surface area contributed by atoms with Crippen LogP contribution in [0.5, 0.6) is 0 Å². The van der Waals surface area contributed by atoms with Crippen molar-refractivity contribution in [3.05, 3.63) is 0 Å².